The number of hydrogen-bond acceptors (Lipinski definition) is 3. The Balaban J connectivity index is 1.02. The molecule has 2 aromatic heterocycles. The molecule has 0 fully saturated rings. The summed E-state index contributed by atoms with van der Waals surface area (Å²) in [6, 6.07) is 68.9. The highest BCUT2D eigenvalue weighted by atomic mass is 15.0. The SMILES string of the molecule is CC1(C)c2ccccc2-n2c3ccc(-c4cccc(-c5nc(-c6ccc(-c7ccccc7)cc6)nc(-c6ccc(-c7ccccc7)cc6)n5)c4)cc3c3cccc1c32. The zero-order valence-corrected chi connectivity index (χ0v) is 32.3. The first kappa shape index (κ1) is 33.9. The predicted octanol–water partition coefficient (Wildman–Crippen LogP) is 13.6. The quantitative estimate of drug-likeness (QED) is 0.170. The third-order valence-corrected chi connectivity index (χ3v) is 11.9. The molecule has 10 aromatic rings. The molecule has 58 heavy (non-hydrogen) atoms. The van der Waals surface area contributed by atoms with Crippen LogP contribution in [0.4, 0.5) is 0 Å². The number of nitrogens with zero attached hydrogens (tertiary/aromatic N) is 4. The van der Waals surface area contributed by atoms with E-state index in [9.17, 15) is 0 Å². The van der Waals surface area contributed by atoms with Crippen LogP contribution < -0.4 is 0 Å². The maximum atomic E-state index is 5.13. The maximum Gasteiger partial charge on any atom is 0.164 e. The predicted molar refractivity (Wildman–Crippen MR) is 239 cm³/mol. The van der Waals surface area contributed by atoms with Gasteiger partial charge < -0.3 is 4.57 Å². The summed E-state index contributed by atoms with van der Waals surface area (Å²) < 4.78 is 2.47. The molecule has 0 saturated heterocycles. The van der Waals surface area contributed by atoms with E-state index in [1.54, 1.807) is 0 Å². The second kappa shape index (κ2) is 13.4. The highest BCUT2D eigenvalue weighted by molar-refractivity contribution is 6.12. The van der Waals surface area contributed by atoms with Crippen LogP contribution in [-0.4, -0.2) is 19.5 Å². The van der Waals surface area contributed by atoms with E-state index in [0.717, 1.165) is 38.9 Å². The lowest BCUT2D eigenvalue weighted by molar-refractivity contribution is 0.630. The molecule has 0 radical (unpaired) electrons. The van der Waals surface area contributed by atoms with Crippen LogP contribution in [0.3, 0.4) is 0 Å². The van der Waals surface area contributed by atoms with Crippen LogP contribution in [0.2, 0.25) is 0 Å². The van der Waals surface area contributed by atoms with Gasteiger partial charge in [-0.2, -0.15) is 0 Å². The molecule has 0 bridgehead atoms. The number of fused-ring (bicyclic) bond motifs is 5. The molecule has 0 unspecified atom stereocenters. The van der Waals surface area contributed by atoms with Gasteiger partial charge in [0.05, 0.1) is 16.7 Å². The minimum absolute atomic E-state index is 0.103. The molecule has 274 valence electrons. The van der Waals surface area contributed by atoms with E-state index in [2.05, 4.69) is 200 Å². The van der Waals surface area contributed by atoms with Crippen LogP contribution in [0.25, 0.3) is 95.0 Å². The summed E-state index contributed by atoms with van der Waals surface area (Å²) >= 11 is 0. The van der Waals surface area contributed by atoms with Crippen LogP contribution >= 0.6 is 0 Å². The van der Waals surface area contributed by atoms with Gasteiger partial charge in [-0.3, -0.25) is 0 Å². The second-order valence-electron chi connectivity index (χ2n) is 15.7. The van der Waals surface area contributed by atoms with Crippen molar-refractivity contribution in [2.75, 3.05) is 0 Å². The highest BCUT2D eigenvalue weighted by Gasteiger charge is 2.34. The van der Waals surface area contributed by atoms with E-state index in [1.165, 1.54) is 49.7 Å². The van der Waals surface area contributed by atoms with Gasteiger partial charge in [0.25, 0.3) is 0 Å². The van der Waals surface area contributed by atoms with Gasteiger partial charge in [0.15, 0.2) is 17.5 Å². The first-order valence-corrected chi connectivity index (χ1v) is 19.9. The fourth-order valence-corrected chi connectivity index (χ4v) is 8.83. The standard InChI is InChI=1S/C54H38N4/c1-54(2)46-20-9-10-22-49(46)58-48-32-31-42(34-45(48)44-19-12-21-47(54)50(44)58)41-17-11-18-43(33-41)53-56-51(39-27-23-37(24-28-39)35-13-5-3-6-14-35)55-52(57-53)40-29-25-38(26-30-40)36-15-7-4-8-16-36/h3-34H,1-2H3. The molecule has 0 aliphatic carbocycles. The normalized spacial score (nSPS) is 12.8. The van der Waals surface area contributed by atoms with Crippen molar-refractivity contribution in [2.45, 2.75) is 19.3 Å². The molecule has 0 N–H and O–H groups in total. The maximum absolute atomic E-state index is 5.13. The Labute approximate surface area is 337 Å². The number of aromatic nitrogens is 4. The minimum Gasteiger partial charge on any atom is -0.309 e. The zero-order valence-electron chi connectivity index (χ0n) is 32.3. The van der Waals surface area contributed by atoms with Gasteiger partial charge in [0.1, 0.15) is 0 Å². The van der Waals surface area contributed by atoms with E-state index in [1.807, 2.05) is 12.1 Å². The van der Waals surface area contributed by atoms with Crippen LogP contribution in [-0.2, 0) is 5.41 Å². The van der Waals surface area contributed by atoms with Crippen molar-refractivity contribution >= 4 is 21.8 Å². The average Bonchev–Trinajstić information content (AvgIpc) is 3.63. The first-order chi connectivity index (χ1) is 28.5. The van der Waals surface area contributed by atoms with E-state index >= 15 is 0 Å². The summed E-state index contributed by atoms with van der Waals surface area (Å²) in [6.07, 6.45) is 0. The number of para-hydroxylation sites is 2. The molecule has 0 saturated carbocycles. The largest absolute Gasteiger partial charge is 0.309 e. The topological polar surface area (TPSA) is 43.6 Å². The van der Waals surface area contributed by atoms with Crippen LogP contribution in [0.15, 0.2) is 194 Å². The molecule has 11 rings (SSSR count). The second-order valence-corrected chi connectivity index (χ2v) is 15.7. The number of rotatable bonds is 6. The zero-order chi connectivity index (χ0) is 38.8. The molecule has 0 spiro atoms. The Morgan fingerprint density at radius 3 is 1.43 bits per heavy atom. The fourth-order valence-electron chi connectivity index (χ4n) is 8.83. The molecule has 1 aliphatic heterocycles. The third kappa shape index (κ3) is 5.56. The van der Waals surface area contributed by atoms with Crippen molar-refractivity contribution in [1.29, 1.82) is 0 Å². The third-order valence-electron chi connectivity index (χ3n) is 11.9. The Kier molecular flexibility index (Phi) is 7.80. The molecule has 4 nitrogen and oxygen atoms in total. The molecule has 8 aromatic carbocycles. The van der Waals surface area contributed by atoms with Gasteiger partial charge >= 0.3 is 0 Å². The summed E-state index contributed by atoms with van der Waals surface area (Å²) in [5.41, 5.74) is 16.1. The molecule has 1 aliphatic rings. The smallest absolute Gasteiger partial charge is 0.164 e. The van der Waals surface area contributed by atoms with Crippen LogP contribution in [0.1, 0.15) is 25.0 Å². The van der Waals surface area contributed by atoms with Crippen molar-refractivity contribution in [1.82, 2.24) is 19.5 Å². The van der Waals surface area contributed by atoms with E-state index in [0.29, 0.717) is 17.5 Å². The minimum atomic E-state index is -0.103. The van der Waals surface area contributed by atoms with E-state index < -0.39 is 0 Å². The molecular weight excluding hydrogens is 705 g/mol. The summed E-state index contributed by atoms with van der Waals surface area (Å²) in [7, 11) is 0. The van der Waals surface area contributed by atoms with Gasteiger partial charge in [0, 0.05) is 32.9 Å². The summed E-state index contributed by atoms with van der Waals surface area (Å²) in [5, 5.41) is 2.52. The van der Waals surface area contributed by atoms with Gasteiger partial charge in [-0.05, 0) is 68.8 Å². The molecule has 0 amide bonds. The average molecular weight is 743 g/mol. The summed E-state index contributed by atoms with van der Waals surface area (Å²) in [6.45, 7) is 4.69. The van der Waals surface area contributed by atoms with Crippen LogP contribution in [0.5, 0.6) is 0 Å². The highest BCUT2D eigenvalue weighted by Crippen LogP contribution is 2.48. The van der Waals surface area contributed by atoms with E-state index in [4.69, 9.17) is 15.0 Å². The van der Waals surface area contributed by atoms with Gasteiger partial charge in [0.2, 0.25) is 0 Å². The Hall–Kier alpha value is -7.43. The Morgan fingerprint density at radius 1 is 0.345 bits per heavy atom. The van der Waals surface area contributed by atoms with Crippen molar-refractivity contribution < 1.29 is 0 Å². The lowest BCUT2D eigenvalue weighted by atomic mass is 9.75. The van der Waals surface area contributed by atoms with Gasteiger partial charge in [-0.1, -0.05) is 184 Å². The van der Waals surface area contributed by atoms with Crippen molar-refractivity contribution in [3.8, 4) is 73.2 Å². The summed E-state index contributed by atoms with van der Waals surface area (Å²) in [5.74, 6) is 1.90. The molecule has 0 atom stereocenters. The van der Waals surface area contributed by atoms with Crippen molar-refractivity contribution in [3.05, 3.63) is 205 Å². The van der Waals surface area contributed by atoms with Crippen molar-refractivity contribution in [2.24, 2.45) is 0 Å². The number of benzene rings is 8. The van der Waals surface area contributed by atoms with Gasteiger partial charge in [-0.25, -0.2) is 15.0 Å². The molecular formula is C54H38N4. The Bertz CT molecular complexity index is 3060. The fraction of sp³-hybridized carbons (Fsp3) is 0.0556. The lowest BCUT2D eigenvalue weighted by Crippen LogP contribution is -2.26. The molecule has 3 heterocycles. The van der Waals surface area contributed by atoms with Crippen molar-refractivity contribution in [3.63, 3.8) is 0 Å². The van der Waals surface area contributed by atoms with Crippen LogP contribution in [0, 0.1) is 0 Å². The van der Waals surface area contributed by atoms with E-state index in [-0.39, 0.29) is 5.41 Å². The monoisotopic (exact) mass is 742 g/mol. The van der Waals surface area contributed by atoms with Gasteiger partial charge in [-0.15, -0.1) is 0 Å². The summed E-state index contributed by atoms with van der Waals surface area (Å²) in [4.78, 5) is 15.3. The first-order valence-electron chi connectivity index (χ1n) is 19.9. The lowest BCUT2D eigenvalue weighted by Gasteiger charge is -2.34. The number of hydrogen-bond donors (Lipinski definition) is 0. The molecule has 4 heteroatoms. The Morgan fingerprint density at radius 2 is 0.793 bits per heavy atom.